The maximum atomic E-state index is 12.6. The lowest BCUT2D eigenvalue weighted by Crippen LogP contribution is -2.09. The highest BCUT2D eigenvalue weighted by Crippen LogP contribution is 2.29. The molecule has 1 aromatic heterocycles. The van der Waals surface area contributed by atoms with Gasteiger partial charge in [-0.3, -0.25) is 4.72 Å². The van der Waals surface area contributed by atoms with E-state index in [0.717, 1.165) is 24.1 Å². The molecule has 0 aliphatic rings. The van der Waals surface area contributed by atoms with Crippen LogP contribution >= 0.6 is 11.9 Å². The average molecular weight is 328 g/mol. The summed E-state index contributed by atoms with van der Waals surface area (Å²) in [5, 5.41) is 9.25. The van der Waals surface area contributed by atoms with Crippen molar-refractivity contribution in [2.24, 2.45) is 0 Å². The van der Waals surface area contributed by atoms with E-state index in [0.29, 0.717) is 5.56 Å². The minimum Gasteiger partial charge on any atom is -0.478 e. The van der Waals surface area contributed by atoms with E-state index in [1.807, 2.05) is 0 Å². The Morgan fingerprint density at radius 2 is 2.05 bits per heavy atom. The van der Waals surface area contributed by atoms with Crippen LogP contribution in [0.2, 0.25) is 0 Å². The summed E-state index contributed by atoms with van der Waals surface area (Å²) in [7, 11) is 0. The molecule has 0 saturated carbocycles. The fourth-order valence-electron chi connectivity index (χ4n) is 1.68. The molecule has 22 heavy (non-hydrogen) atoms. The number of carbonyl (C=O) groups is 1. The van der Waals surface area contributed by atoms with Crippen molar-refractivity contribution in [3.05, 3.63) is 59.3 Å². The van der Waals surface area contributed by atoms with Gasteiger partial charge < -0.3 is 5.11 Å². The molecule has 0 bridgehead atoms. The molecule has 2 aromatic rings. The van der Waals surface area contributed by atoms with Gasteiger partial charge in [0.15, 0.2) is 0 Å². The highest BCUT2D eigenvalue weighted by atomic mass is 32.2. The van der Waals surface area contributed by atoms with Crippen molar-refractivity contribution in [2.45, 2.75) is 17.7 Å². The average Bonchev–Trinajstić information content (AvgIpc) is 2.47. The Morgan fingerprint density at radius 1 is 1.27 bits per heavy atom. The topological polar surface area (TPSA) is 62.2 Å². The predicted octanol–water partition coefficient (Wildman–Crippen LogP) is 3.60. The lowest BCUT2D eigenvalue weighted by molar-refractivity contribution is -0.137. The number of pyridine rings is 1. The Morgan fingerprint density at radius 3 is 2.73 bits per heavy atom. The second kappa shape index (κ2) is 6.80. The van der Waals surface area contributed by atoms with Crippen molar-refractivity contribution >= 4 is 17.9 Å². The quantitative estimate of drug-likeness (QED) is 0.821. The van der Waals surface area contributed by atoms with E-state index >= 15 is 0 Å². The normalized spacial score (nSPS) is 11.4. The van der Waals surface area contributed by atoms with Crippen molar-refractivity contribution < 1.29 is 23.1 Å². The van der Waals surface area contributed by atoms with Crippen LogP contribution in [0.3, 0.4) is 0 Å². The van der Waals surface area contributed by atoms with Crippen LogP contribution in [-0.2, 0) is 12.7 Å². The molecule has 0 radical (unpaired) electrons. The molecule has 0 unspecified atom stereocenters. The molecule has 1 aromatic carbocycles. The van der Waals surface area contributed by atoms with Crippen molar-refractivity contribution in [3.63, 3.8) is 0 Å². The molecule has 2 N–H and O–H groups in total. The summed E-state index contributed by atoms with van der Waals surface area (Å²) in [5.74, 6) is -1.11. The van der Waals surface area contributed by atoms with Gasteiger partial charge in [0, 0.05) is 12.7 Å². The third kappa shape index (κ3) is 4.22. The maximum Gasteiger partial charge on any atom is 0.416 e. The zero-order valence-corrected chi connectivity index (χ0v) is 11.9. The van der Waals surface area contributed by atoms with Crippen molar-refractivity contribution in [1.29, 1.82) is 0 Å². The van der Waals surface area contributed by atoms with Gasteiger partial charge in [-0.25, -0.2) is 9.78 Å². The number of nitrogens with one attached hydrogen (secondary N) is 1. The number of nitrogens with zero attached hydrogens (tertiary/aromatic N) is 1. The molecule has 0 fully saturated rings. The van der Waals surface area contributed by atoms with E-state index in [2.05, 4.69) is 9.71 Å². The fraction of sp³-hybridized carbons (Fsp3) is 0.143. The van der Waals surface area contributed by atoms with Crippen LogP contribution in [0.1, 0.15) is 21.5 Å². The van der Waals surface area contributed by atoms with Crippen molar-refractivity contribution in [1.82, 2.24) is 9.71 Å². The Hall–Kier alpha value is -2.06. The lowest BCUT2D eigenvalue weighted by Gasteiger charge is -2.09. The largest absolute Gasteiger partial charge is 0.478 e. The number of hydrogen-bond acceptors (Lipinski definition) is 4. The number of aromatic nitrogens is 1. The first-order valence-electron chi connectivity index (χ1n) is 6.12. The van der Waals surface area contributed by atoms with Gasteiger partial charge in [0.2, 0.25) is 0 Å². The van der Waals surface area contributed by atoms with Crippen LogP contribution in [0.4, 0.5) is 13.2 Å². The molecule has 1 heterocycles. The number of aromatic carboxylic acids is 1. The summed E-state index contributed by atoms with van der Waals surface area (Å²) in [6, 6.07) is 7.83. The monoisotopic (exact) mass is 328 g/mol. The first-order valence-corrected chi connectivity index (χ1v) is 6.94. The number of halogens is 3. The molecule has 116 valence electrons. The summed E-state index contributed by atoms with van der Waals surface area (Å²) >= 11 is 0.960. The molecule has 0 atom stereocenters. The van der Waals surface area contributed by atoms with Gasteiger partial charge in [0.25, 0.3) is 0 Å². The van der Waals surface area contributed by atoms with Crippen molar-refractivity contribution in [3.8, 4) is 0 Å². The van der Waals surface area contributed by atoms with Gasteiger partial charge in [-0.2, -0.15) is 13.2 Å². The summed E-state index contributed by atoms with van der Waals surface area (Å²) < 4.78 is 40.6. The zero-order chi connectivity index (χ0) is 16.2. The van der Waals surface area contributed by atoms with E-state index in [-0.39, 0.29) is 17.1 Å². The minimum absolute atomic E-state index is 0.0315. The summed E-state index contributed by atoms with van der Waals surface area (Å²) in [5.41, 5.74) is -0.250. The zero-order valence-electron chi connectivity index (χ0n) is 11.1. The molecular weight excluding hydrogens is 317 g/mol. The van der Waals surface area contributed by atoms with Crippen LogP contribution in [0, 0.1) is 0 Å². The molecule has 0 spiro atoms. The number of rotatable bonds is 5. The Labute approximate surface area is 128 Å². The molecular formula is C14H11F3N2O2S. The minimum atomic E-state index is -4.39. The highest BCUT2D eigenvalue weighted by molar-refractivity contribution is 7.97. The van der Waals surface area contributed by atoms with E-state index in [4.69, 9.17) is 5.11 Å². The molecule has 8 heteroatoms. The Kier molecular flexibility index (Phi) is 5.04. The number of alkyl halides is 3. The predicted molar refractivity (Wildman–Crippen MR) is 75.3 cm³/mol. The van der Waals surface area contributed by atoms with Crippen LogP contribution < -0.4 is 4.72 Å². The first kappa shape index (κ1) is 16.3. The summed E-state index contributed by atoms with van der Waals surface area (Å²) in [4.78, 5) is 14.9. The Balaban J connectivity index is 2.02. The summed E-state index contributed by atoms with van der Waals surface area (Å²) in [6.45, 7) is 0.143. The van der Waals surface area contributed by atoms with Gasteiger partial charge in [-0.1, -0.05) is 18.2 Å². The van der Waals surface area contributed by atoms with E-state index in [1.165, 1.54) is 24.4 Å². The van der Waals surface area contributed by atoms with Gasteiger partial charge in [0.1, 0.15) is 5.03 Å². The maximum absolute atomic E-state index is 12.6. The first-order chi connectivity index (χ1) is 10.4. The van der Waals surface area contributed by atoms with Crippen LogP contribution in [-0.4, -0.2) is 16.1 Å². The second-order valence-electron chi connectivity index (χ2n) is 4.28. The summed E-state index contributed by atoms with van der Waals surface area (Å²) in [6.07, 6.45) is -2.94. The lowest BCUT2D eigenvalue weighted by atomic mass is 10.1. The third-order valence-corrected chi connectivity index (χ3v) is 3.51. The second-order valence-corrected chi connectivity index (χ2v) is 5.16. The SMILES string of the molecule is O=C(O)c1cccnc1SNCc1cccc(C(F)(F)F)c1. The highest BCUT2D eigenvalue weighted by Gasteiger charge is 2.30. The molecule has 0 amide bonds. The van der Waals surface area contributed by atoms with Gasteiger partial charge in [-0.05, 0) is 35.7 Å². The van der Waals surface area contributed by atoms with Crippen LogP contribution in [0.5, 0.6) is 0 Å². The van der Waals surface area contributed by atoms with Gasteiger partial charge >= 0.3 is 12.1 Å². The van der Waals surface area contributed by atoms with Gasteiger partial charge in [-0.15, -0.1) is 0 Å². The van der Waals surface area contributed by atoms with E-state index < -0.39 is 17.7 Å². The van der Waals surface area contributed by atoms with E-state index in [1.54, 1.807) is 6.07 Å². The van der Waals surface area contributed by atoms with Crippen molar-refractivity contribution in [2.75, 3.05) is 0 Å². The molecule has 4 nitrogen and oxygen atoms in total. The number of benzene rings is 1. The molecule has 0 aliphatic heterocycles. The number of carboxylic acid groups (broad SMARTS) is 1. The van der Waals surface area contributed by atoms with Crippen LogP contribution in [0.25, 0.3) is 0 Å². The van der Waals surface area contributed by atoms with E-state index in [9.17, 15) is 18.0 Å². The van der Waals surface area contributed by atoms with Crippen LogP contribution in [0.15, 0.2) is 47.6 Å². The molecule has 0 aliphatic carbocycles. The third-order valence-electron chi connectivity index (χ3n) is 2.70. The standard InChI is InChI=1S/C14H11F3N2O2S/c15-14(16,17)10-4-1-3-9(7-10)8-19-22-12-11(13(20)21)5-2-6-18-12/h1-7,19H,8H2,(H,20,21). The molecule has 0 saturated heterocycles. The number of hydrogen-bond donors (Lipinski definition) is 2. The van der Waals surface area contributed by atoms with Gasteiger partial charge in [0.05, 0.1) is 11.1 Å². The fourth-order valence-corrected chi connectivity index (χ4v) is 2.43. The number of carboxylic acids is 1. The Bertz CT molecular complexity index is 677. The smallest absolute Gasteiger partial charge is 0.416 e. The molecule has 2 rings (SSSR count).